The standard InChI is InChI=1S/C15H10Br2N2OS.C2H6/c1-8-5-6-9-3-2-4-11(13(9)18-8)19-15(20)14-10(16)7-12(17)21-14;1-2/h2-7H,1H3,(H,19,20);1-2H3. The lowest BCUT2D eigenvalue weighted by molar-refractivity contribution is 0.103. The van der Waals surface area contributed by atoms with E-state index in [0.29, 0.717) is 4.88 Å². The maximum absolute atomic E-state index is 12.4. The fourth-order valence-corrected chi connectivity index (χ4v) is 4.52. The summed E-state index contributed by atoms with van der Waals surface area (Å²) >= 11 is 8.17. The molecular weight excluding hydrogens is 440 g/mol. The Hall–Kier alpha value is -1.24. The van der Waals surface area contributed by atoms with Crippen molar-refractivity contribution in [2.75, 3.05) is 5.32 Å². The molecule has 0 aliphatic carbocycles. The van der Waals surface area contributed by atoms with Crippen LogP contribution in [0.1, 0.15) is 29.2 Å². The Kier molecular flexibility index (Phi) is 6.33. The Balaban J connectivity index is 0.000000924. The number of carbonyl (C=O) groups is 1. The normalized spacial score (nSPS) is 10.1. The summed E-state index contributed by atoms with van der Waals surface area (Å²) in [5, 5.41) is 3.95. The molecule has 0 radical (unpaired) electrons. The number of aryl methyl sites for hydroxylation is 1. The Morgan fingerprint density at radius 2 is 1.91 bits per heavy atom. The van der Waals surface area contributed by atoms with Crippen LogP contribution in [0.5, 0.6) is 0 Å². The van der Waals surface area contributed by atoms with Crippen LogP contribution in [0.25, 0.3) is 10.9 Å². The molecular formula is C17H16Br2N2OS. The summed E-state index contributed by atoms with van der Waals surface area (Å²) in [4.78, 5) is 17.5. The number of carbonyl (C=O) groups excluding carboxylic acids is 1. The molecule has 0 fully saturated rings. The summed E-state index contributed by atoms with van der Waals surface area (Å²) in [5.74, 6) is -0.145. The highest BCUT2D eigenvalue weighted by Crippen LogP contribution is 2.32. The molecule has 2 heterocycles. The quantitative estimate of drug-likeness (QED) is 0.485. The van der Waals surface area contributed by atoms with E-state index >= 15 is 0 Å². The minimum atomic E-state index is -0.145. The van der Waals surface area contributed by atoms with E-state index in [2.05, 4.69) is 42.2 Å². The first-order valence-corrected chi connectivity index (χ1v) is 9.57. The van der Waals surface area contributed by atoms with E-state index in [-0.39, 0.29) is 5.91 Å². The van der Waals surface area contributed by atoms with Gasteiger partial charge in [0.15, 0.2) is 0 Å². The average Bonchev–Trinajstić information content (AvgIpc) is 2.88. The number of thiophene rings is 1. The molecule has 0 aliphatic heterocycles. The molecule has 0 aliphatic rings. The van der Waals surface area contributed by atoms with Gasteiger partial charge in [0.2, 0.25) is 0 Å². The number of anilines is 1. The molecule has 0 bridgehead atoms. The van der Waals surface area contributed by atoms with Crippen molar-refractivity contribution in [3.8, 4) is 0 Å². The van der Waals surface area contributed by atoms with Crippen LogP contribution in [-0.4, -0.2) is 10.9 Å². The highest BCUT2D eigenvalue weighted by molar-refractivity contribution is 9.11. The molecule has 3 aromatic rings. The third kappa shape index (κ3) is 4.19. The molecule has 3 rings (SSSR count). The fourth-order valence-electron chi connectivity index (χ4n) is 2.02. The number of hydrogen-bond donors (Lipinski definition) is 1. The average molecular weight is 456 g/mol. The highest BCUT2D eigenvalue weighted by Gasteiger charge is 2.15. The zero-order valence-electron chi connectivity index (χ0n) is 13.0. The van der Waals surface area contributed by atoms with Crippen molar-refractivity contribution in [3.63, 3.8) is 0 Å². The van der Waals surface area contributed by atoms with Crippen LogP contribution in [0.4, 0.5) is 5.69 Å². The van der Waals surface area contributed by atoms with Crippen LogP contribution >= 0.6 is 43.2 Å². The second-order valence-corrected chi connectivity index (χ2v) is 7.80. The highest BCUT2D eigenvalue weighted by atomic mass is 79.9. The smallest absolute Gasteiger partial charge is 0.266 e. The molecule has 120 valence electrons. The van der Waals surface area contributed by atoms with Crippen LogP contribution < -0.4 is 5.32 Å². The topological polar surface area (TPSA) is 42.0 Å². The minimum Gasteiger partial charge on any atom is -0.319 e. The van der Waals surface area contributed by atoms with Gasteiger partial charge in [-0.05, 0) is 57.0 Å². The van der Waals surface area contributed by atoms with Crippen molar-refractivity contribution in [1.29, 1.82) is 0 Å². The van der Waals surface area contributed by atoms with Crippen LogP contribution in [0.2, 0.25) is 0 Å². The van der Waals surface area contributed by atoms with Crippen LogP contribution in [-0.2, 0) is 0 Å². The fraction of sp³-hybridized carbons (Fsp3) is 0.176. The SMILES string of the molecule is CC.Cc1ccc2cccc(NC(=O)c3sc(Br)cc3Br)c2n1. The van der Waals surface area contributed by atoms with Crippen molar-refractivity contribution in [2.24, 2.45) is 0 Å². The number of benzene rings is 1. The molecule has 0 atom stereocenters. The molecule has 23 heavy (non-hydrogen) atoms. The van der Waals surface area contributed by atoms with Gasteiger partial charge in [0, 0.05) is 15.6 Å². The molecule has 0 unspecified atom stereocenters. The summed E-state index contributed by atoms with van der Waals surface area (Å²) in [6, 6.07) is 11.6. The monoisotopic (exact) mass is 454 g/mol. The molecule has 0 saturated carbocycles. The van der Waals surface area contributed by atoms with Gasteiger partial charge in [0.25, 0.3) is 5.91 Å². The molecule has 1 aromatic carbocycles. The second kappa shape index (κ2) is 8.04. The molecule has 3 nitrogen and oxygen atoms in total. The second-order valence-electron chi connectivity index (χ2n) is 4.51. The van der Waals surface area contributed by atoms with E-state index in [1.165, 1.54) is 11.3 Å². The van der Waals surface area contributed by atoms with Gasteiger partial charge in [-0.1, -0.05) is 32.0 Å². The zero-order valence-corrected chi connectivity index (χ0v) is 17.0. The Morgan fingerprint density at radius 1 is 1.17 bits per heavy atom. The number of nitrogens with zero attached hydrogens (tertiary/aromatic N) is 1. The number of pyridine rings is 1. The maximum Gasteiger partial charge on any atom is 0.266 e. The number of nitrogens with one attached hydrogen (secondary N) is 1. The first-order chi connectivity index (χ1) is 11.0. The summed E-state index contributed by atoms with van der Waals surface area (Å²) in [6.45, 7) is 5.94. The first kappa shape index (κ1) is 18.1. The predicted molar refractivity (Wildman–Crippen MR) is 106 cm³/mol. The molecule has 1 N–H and O–H groups in total. The Bertz CT molecular complexity index is 846. The lowest BCUT2D eigenvalue weighted by Crippen LogP contribution is -2.11. The van der Waals surface area contributed by atoms with Crippen molar-refractivity contribution in [1.82, 2.24) is 4.98 Å². The van der Waals surface area contributed by atoms with Gasteiger partial charge >= 0.3 is 0 Å². The number of aromatic nitrogens is 1. The van der Waals surface area contributed by atoms with Gasteiger partial charge in [-0.2, -0.15) is 0 Å². The van der Waals surface area contributed by atoms with E-state index in [1.54, 1.807) is 0 Å². The summed E-state index contributed by atoms with van der Waals surface area (Å²) in [6.07, 6.45) is 0. The maximum atomic E-state index is 12.4. The largest absolute Gasteiger partial charge is 0.319 e. The number of para-hydroxylation sites is 1. The summed E-state index contributed by atoms with van der Waals surface area (Å²) < 4.78 is 1.69. The number of hydrogen-bond acceptors (Lipinski definition) is 3. The van der Waals surface area contributed by atoms with E-state index in [4.69, 9.17) is 0 Å². The van der Waals surface area contributed by atoms with E-state index in [1.807, 2.05) is 57.2 Å². The van der Waals surface area contributed by atoms with Gasteiger partial charge in [-0.15, -0.1) is 11.3 Å². The van der Waals surface area contributed by atoms with Gasteiger partial charge in [-0.25, -0.2) is 0 Å². The van der Waals surface area contributed by atoms with Crippen LogP contribution in [0.3, 0.4) is 0 Å². The van der Waals surface area contributed by atoms with Gasteiger partial charge < -0.3 is 5.32 Å². The van der Waals surface area contributed by atoms with Crippen LogP contribution in [0.15, 0.2) is 44.7 Å². The molecule has 0 spiro atoms. The zero-order chi connectivity index (χ0) is 17.0. The molecule has 0 saturated heterocycles. The summed E-state index contributed by atoms with van der Waals surface area (Å²) in [7, 11) is 0. The van der Waals surface area contributed by atoms with E-state index in [9.17, 15) is 4.79 Å². The Labute approximate surface area is 156 Å². The van der Waals surface area contributed by atoms with Crippen molar-refractivity contribution in [2.45, 2.75) is 20.8 Å². The minimum absolute atomic E-state index is 0.145. The van der Waals surface area contributed by atoms with Crippen molar-refractivity contribution < 1.29 is 4.79 Å². The number of halogens is 2. The van der Waals surface area contributed by atoms with Gasteiger partial charge in [0.05, 0.1) is 15.0 Å². The lowest BCUT2D eigenvalue weighted by Gasteiger charge is -2.08. The first-order valence-electron chi connectivity index (χ1n) is 7.17. The van der Waals surface area contributed by atoms with Crippen LogP contribution in [0, 0.1) is 6.92 Å². The number of rotatable bonds is 2. The third-order valence-corrected chi connectivity index (χ3v) is 5.50. The Morgan fingerprint density at radius 3 is 2.57 bits per heavy atom. The summed E-state index contributed by atoms with van der Waals surface area (Å²) in [5.41, 5.74) is 2.44. The lowest BCUT2D eigenvalue weighted by atomic mass is 10.1. The molecule has 1 amide bonds. The molecule has 6 heteroatoms. The number of fused-ring (bicyclic) bond motifs is 1. The predicted octanol–water partition coefficient (Wildman–Crippen LogP) is 6.41. The van der Waals surface area contributed by atoms with E-state index < -0.39 is 0 Å². The van der Waals surface area contributed by atoms with Crippen molar-refractivity contribution >= 4 is 65.7 Å². The number of amides is 1. The molecule has 2 aromatic heterocycles. The van der Waals surface area contributed by atoms with E-state index in [0.717, 1.165) is 30.5 Å². The van der Waals surface area contributed by atoms with Gasteiger partial charge in [-0.3, -0.25) is 9.78 Å². The van der Waals surface area contributed by atoms with Gasteiger partial charge in [0.1, 0.15) is 4.88 Å². The third-order valence-electron chi connectivity index (χ3n) is 2.97. The van der Waals surface area contributed by atoms with Crippen molar-refractivity contribution in [3.05, 3.63) is 55.2 Å².